The van der Waals surface area contributed by atoms with Crippen molar-refractivity contribution in [3.63, 3.8) is 0 Å². The van der Waals surface area contributed by atoms with E-state index < -0.39 is 0 Å². The molecule has 1 amide bonds. The highest BCUT2D eigenvalue weighted by molar-refractivity contribution is 8.00. The third kappa shape index (κ3) is 6.64. The number of carbonyl (C=O) groups excluding carboxylic acids is 1. The molecule has 0 saturated carbocycles. The summed E-state index contributed by atoms with van der Waals surface area (Å²) in [6.07, 6.45) is 8.53. The summed E-state index contributed by atoms with van der Waals surface area (Å²) in [5.74, 6) is 1.59. The number of benzene rings is 1. The van der Waals surface area contributed by atoms with E-state index in [-0.39, 0.29) is 11.5 Å². The van der Waals surface area contributed by atoms with E-state index in [2.05, 4.69) is 43.2 Å². The highest BCUT2D eigenvalue weighted by atomic mass is 32.2. The van der Waals surface area contributed by atoms with Crippen LogP contribution in [0.1, 0.15) is 82.1 Å². The van der Waals surface area contributed by atoms with Gasteiger partial charge in [-0.25, -0.2) is 9.38 Å². The number of thiophene rings is 1. The second-order valence-electron chi connectivity index (χ2n) is 12.6. The largest absolute Gasteiger partial charge is 0.339 e. The normalized spacial score (nSPS) is 14.5. The zero-order valence-electron chi connectivity index (χ0n) is 26.2. The predicted octanol–water partition coefficient (Wildman–Crippen LogP) is 6.87. The van der Waals surface area contributed by atoms with E-state index in [0.717, 1.165) is 67.2 Å². The molecular formula is C33H44N6O2S2. The van der Waals surface area contributed by atoms with Crippen LogP contribution in [0.4, 0.5) is 0 Å². The second kappa shape index (κ2) is 13.8. The maximum Gasteiger partial charge on any atom is 0.277 e. The quantitative estimate of drug-likeness (QED) is 0.161. The van der Waals surface area contributed by atoms with Gasteiger partial charge in [0.15, 0.2) is 0 Å². The fourth-order valence-electron chi connectivity index (χ4n) is 5.99. The highest BCUT2D eigenvalue weighted by Gasteiger charge is 2.24. The Morgan fingerprint density at radius 3 is 2.40 bits per heavy atom. The highest BCUT2D eigenvalue weighted by Crippen LogP contribution is 2.35. The Morgan fingerprint density at radius 2 is 1.77 bits per heavy atom. The van der Waals surface area contributed by atoms with Crippen molar-refractivity contribution in [2.45, 2.75) is 77.0 Å². The van der Waals surface area contributed by atoms with Gasteiger partial charge in [0.2, 0.25) is 5.78 Å². The number of hydrogen-bond acceptors (Lipinski definition) is 7. The number of aromatic nitrogens is 3. The van der Waals surface area contributed by atoms with Crippen LogP contribution in [0, 0.1) is 23.2 Å². The number of thioether (sulfide) groups is 1. The molecule has 0 unspecified atom stereocenters. The fraction of sp³-hybridized carbons (Fsp3) is 0.576. The van der Waals surface area contributed by atoms with Crippen molar-refractivity contribution in [2.75, 3.05) is 39.0 Å². The molecule has 4 heterocycles. The number of carbonyl (C=O) groups is 1. The number of aryl methyl sites for hydroxylation is 1. The number of imidazole rings is 1. The van der Waals surface area contributed by atoms with Gasteiger partial charge in [-0.05, 0) is 88.0 Å². The minimum Gasteiger partial charge on any atom is -0.339 e. The van der Waals surface area contributed by atoms with Crippen molar-refractivity contribution < 1.29 is 4.79 Å². The summed E-state index contributed by atoms with van der Waals surface area (Å²) in [4.78, 5) is 37.4. The summed E-state index contributed by atoms with van der Waals surface area (Å²) < 4.78 is 5.09. The van der Waals surface area contributed by atoms with E-state index in [9.17, 15) is 14.9 Å². The van der Waals surface area contributed by atoms with Crippen molar-refractivity contribution in [3.05, 3.63) is 39.7 Å². The van der Waals surface area contributed by atoms with Gasteiger partial charge in [-0.3, -0.25) is 9.59 Å². The Hall–Kier alpha value is -2.87. The molecule has 1 saturated heterocycles. The first kappa shape index (κ1) is 31.6. The van der Waals surface area contributed by atoms with Gasteiger partial charge in [0, 0.05) is 25.2 Å². The van der Waals surface area contributed by atoms with E-state index >= 15 is 0 Å². The summed E-state index contributed by atoms with van der Waals surface area (Å²) in [6, 6.07) is 8.01. The molecule has 8 nitrogen and oxygen atoms in total. The number of amides is 1. The van der Waals surface area contributed by atoms with Crippen molar-refractivity contribution in [3.8, 4) is 6.07 Å². The fourth-order valence-corrected chi connectivity index (χ4v) is 7.77. The first-order valence-electron chi connectivity index (χ1n) is 15.7. The molecule has 43 heavy (non-hydrogen) atoms. The number of nitrogens with zero attached hydrogens (tertiary/aromatic N) is 6. The molecule has 0 N–H and O–H groups in total. The van der Waals surface area contributed by atoms with E-state index in [1.807, 2.05) is 29.4 Å². The SMILES string of the molecule is CSc1sc2c(=O)n3c4ccc(C(=O)N(CCC(C)C)CCC(C)C)cc4n(CCCN4CCCCC4)c3nc2c1C#N. The number of rotatable bonds is 12. The van der Waals surface area contributed by atoms with Crippen molar-refractivity contribution in [2.24, 2.45) is 11.8 Å². The summed E-state index contributed by atoms with van der Waals surface area (Å²) >= 11 is 2.81. The molecule has 3 aromatic heterocycles. The van der Waals surface area contributed by atoms with Crippen LogP contribution in [0.5, 0.6) is 0 Å². The minimum absolute atomic E-state index is 0.0333. The Labute approximate surface area is 262 Å². The van der Waals surface area contributed by atoms with Crippen LogP contribution in [-0.4, -0.2) is 68.6 Å². The number of hydrogen-bond donors (Lipinski definition) is 0. The van der Waals surface area contributed by atoms with Crippen LogP contribution in [0.3, 0.4) is 0 Å². The van der Waals surface area contributed by atoms with Gasteiger partial charge in [-0.1, -0.05) is 34.1 Å². The Morgan fingerprint density at radius 1 is 1.07 bits per heavy atom. The minimum atomic E-state index is -0.156. The molecule has 1 aliphatic rings. The Bertz CT molecular complexity index is 1690. The van der Waals surface area contributed by atoms with Gasteiger partial charge in [0.05, 0.1) is 15.2 Å². The number of piperidine rings is 1. The first-order chi connectivity index (χ1) is 20.7. The zero-order valence-corrected chi connectivity index (χ0v) is 27.8. The second-order valence-corrected chi connectivity index (χ2v) is 14.7. The molecule has 1 fully saturated rings. The molecule has 4 aromatic rings. The van der Waals surface area contributed by atoms with Crippen LogP contribution in [0.2, 0.25) is 0 Å². The van der Waals surface area contributed by atoms with Crippen molar-refractivity contribution in [1.29, 1.82) is 5.26 Å². The van der Waals surface area contributed by atoms with Crippen molar-refractivity contribution >= 4 is 56.0 Å². The van der Waals surface area contributed by atoms with Gasteiger partial charge in [0.25, 0.3) is 11.5 Å². The lowest BCUT2D eigenvalue weighted by atomic mass is 10.1. The lowest BCUT2D eigenvalue weighted by Gasteiger charge is -2.26. The average molecular weight is 621 g/mol. The Balaban J connectivity index is 1.61. The lowest BCUT2D eigenvalue weighted by molar-refractivity contribution is 0.0741. The molecule has 0 spiro atoms. The molecule has 0 aliphatic carbocycles. The van der Waals surface area contributed by atoms with Gasteiger partial charge >= 0.3 is 0 Å². The van der Waals surface area contributed by atoms with Gasteiger partial charge in [-0.15, -0.1) is 23.1 Å². The molecular weight excluding hydrogens is 577 g/mol. The molecule has 1 aromatic carbocycles. The lowest BCUT2D eigenvalue weighted by Crippen LogP contribution is -2.34. The van der Waals surface area contributed by atoms with Gasteiger partial charge in [0.1, 0.15) is 21.8 Å². The standard InChI is InChI=1S/C33H44N6O2S2/c1-22(2)12-18-37(19-13-23(3)4)30(40)24-10-11-26-27(20-24)38(17-9-16-36-14-7-6-8-15-36)33-35-28-25(21-34)32(42-5)43-29(28)31(41)39(26)33/h10-11,20,22-23H,6-9,12-19H2,1-5H3. The summed E-state index contributed by atoms with van der Waals surface area (Å²) in [6.45, 7) is 14.1. The monoisotopic (exact) mass is 620 g/mol. The third-order valence-corrected chi connectivity index (χ3v) is 10.8. The van der Waals surface area contributed by atoms with Crippen molar-refractivity contribution in [1.82, 2.24) is 23.8 Å². The van der Waals surface area contributed by atoms with Gasteiger partial charge < -0.3 is 14.4 Å². The zero-order chi connectivity index (χ0) is 30.7. The number of nitriles is 1. The smallest absolute Gasteiger partial charge is 0.277 e. The summed E-state index contributed by atoms with van der Waals surface area (Å²) in [5.41, 5.74) is 3.01. The first-order valence-corrected chi connectivity index (χ1v) is 17.7. The molecule has 1 aliphatic heterocycles. The molecule has 0 bridgehead atoms. The summed E-state index contributed by atoms with van der Waals surface area (Å²) in [7, 11) is 0. The van der Waals surface area contributed by atoms with E-state index in [0.29, 0.717) is 45.5 Å². The predicted molar refractivity (Wildman–Crippen MR) is 179 cm³/mol. The molecule has 10 heteroatoms. The van der Waals surface area contributed by atoms with E-state index in [4.69, 9.17) is 4.98 Å². The van der Waals surface area contributed by atoms with Gasteiger partial charge in [-0.2, -0.15) is 5.26 Å². The molecule has 0 radical (unpaired) electrons. The maximum atomic E-state index is 14.0. The Kier molecular flexibility index (Phi) is 10.2. The van der Waals surface area contributed by atoms with E-state index in [1.54, 1.807) is 4.40 Å². The molecule has 5 rings (SSSR count). The van der Waals surface area contributed by atoms with Crippen LogP contribution < -0.4 is 5.56 Å². The van der Waals surface area contributed by atoms with E-state index in [1.165, 1.54) is 42.4 Å². The average Bonchev–Trinajstić information content (AvgIpc) is 3.52. The topological polar surface area (TPSA) is 86.6 Å². The maximum absolute atomic E-state index is 14.0. The number of fused-ring (bicyclic) bond motifs is 4. The summed E-state index contributed by atoms with van der Waals surface area (Å²) in [5, 5.41) is 9.94. The van der Waals surface area contributed by atoms with Crippen LogP contribution in [0.25, 0.3) is 27.0 Å². The molecule has 230 valence electrons. The van der Waals surface area contributed by atoms with Crippen LogP contribution in [0.15, 0.2) is 27.2 Å². The number of likely N-dealkylation sites (tertiary alicyclic amines) is 1. The van der Waals surface area contributed by atoms with Crippen LogP contribution >= 0.6 is 23.1 Å². The van der Waals surface area contributed by atoms with Crippen LogP contribution in [-0.2, 0) is 6.54 Å². The molecule has 0 atom stereocenters. The third-order valence-electron chi connectivity index (χ3n) is 8.50.